The Morgan fingerprint density at radius 1 is 1.09 bits per heavy atom. The number of hydrogen-bond donors (Lipinski definition) is 1. The number of pyridine rings is 1. The zero-order chi connectivity index (χ0) is 32.6. The molecule has 1 amide bonds. The first-order valence-electron chi connectivity index (χ1n) is 13.4. The fourth-order valence-electron chi connectivity index (χ4n) is 5.11. The van der Waals surface area contributed by atoms with E-state index in [2.05, 4.69) is 4.98 Å². The Kier molecular flexibility index (Phi) is 9.15. The molecule has 0 atom stereocenters. The number of rotatable bonds is 9. The van der Waals surface area contributed by atoms with Gasteiger partial charge in [-0.15, -0.1) is 0 Å². The lowest BCUT2D eigenvalue weighted by atomic mass is 10.0. The number of alkyl halides is 5. The van der Waals surface area contributed by atoms with Gasteiger partial charge in [0.25, 0.3) is 11.8 Å². The molecule has 0 radical (unpaired) electrons. The van der Waals surface area contributed by atoms with Gasteiger partial charge in [-0.2, -0.15) is 18.4 Å². The molecular formula is C28H29F5N6O4S. The maximum absolute atomic E-state index is 14.8. The Labute approximate surface area is 255 Å². The van der Waals surface area contributed by atoms with Crippen LogP contribution in [0.2, 0.25) is 0 Å². The predicted octanol–water partition coefficient (Wildman–Crippen LogP) is 4.08. The van der Waals surface area contributed by atoms with Crippen molar-refractivity contribution in [2.45, 2.75) is 38.4 Å². The van der Waals surface area contributed by atoms with Crippen LogP contribution < -0.4 is 14.5 Å². The Morgan fingerprint density at radius 2 is 1.70 bits per heavy atom. The molecule has 3 heterocycles. The summed E-state index contributed by atoms with van der Waals surface area (Å²) >= 11 is 5.49. The number of carboxylic acids is 1. The molecule has 4 rings (SSSR count). The third-order valence-corrected chi connectivity index (χ3v) is 7.76. The average molecular weight is 641 g/mol. The van der Waals surface area contributed by atoms with E-state index in [1.807, 2.05) is 4.90 Å². The number of aliphatic carboxylic acids is 1. The zero-order valence-corrected chi connectivity index (χ0v) is 24.8. The van der Waals surface area contributed by atoms with Crippen LogP contribution in [0.3, 0.4) is 0 Å². The summed E-state index contributed by atoms with van der Waals surface area (Å²) in [4.78, 5) is 33.9. The van der Waals surface area contributed by atoms with Gasteiger partial charge in [-0.1, -0.05) is 0 Å². The van der Waals surface area contributed by atoms with E-state index in [0.29, 0.717) is 45.7 Å². The average Bonchev–Trinajstić information content (AvgIpc) is 3.11. The van der Waals surface area contributed by atoms with Gasteiger partial charge in [0.05, 0.1) is 29.6 Å². The van der Waals surface area contributed by atoms with Crippen LogP contribution in [0, 0.1) is 11.3 Å². The van der Waals surface area contributed by atoms with Gasteiger partial charge in [-0.05, 0) is 50.3 Å². The van der Waals surface area contributed by atoms with Crippen LogP contribution >= 0.6 is 12.2 Å². The van der Waals surface area contributed by atoms with Crippen molar-refractivity contribution in [3.05, 3.63) is 47.3 Å². The molecule has 16 heteroatoms. The molecule has 0 bridgehead atoms. The highest BCUT2D eigenvalue weighted by atomic mass is 32.1. The summed E-state index contributed by atoms with van der Waals surface area (Å²) in [5, 5.41) is 17.7. The standard InChI is InChI=1S/C28H29F5N6O4S/c1-26(2)24(42)38(18-13-19(28(31,32)33)21(14-34)35-15-18)25(44)39(26)17-4-5-22(20(12-17)27(3,29)30)43-11-10-36-6-8-37(9-7-36)16-23(40)41/h4-5,12-13,15H,6-11,16H2,1-3H3,(H,40,41). The molecule has 0 spiro atoms. The van der Waals surface area contributed by atoms with Gasteiger partial charge in [0.1, 0.15) is 24.0 Å². The zero-order valence-electron chi connectivity index (χ0n) is 24.0. The second-order valence-corrected chi connectivity index (χ2v) is 11.3. The van der Waals surface area contributed by atoms with Gasteiger partial charge in [0.2, 0.25) is 0 Å². The van der Waals surface area contributed by atoms with Crippen LogP contribution in [0.4, 0.5) is 33.3 Å². The molecule has 2 aliphatic rings. The van der Waals surface area contributed by atoms with Crippen LogP contribution in [0.25, 0.3) is 0 Å². The van der Waals surface area contributed by atoms with E-state index < -0.39 is 46.3 Å². The predicted molar refractivity (Wildman–Crippen MR) is 153 cm³/mol. The van der Waals surface area contributed by atoms with Crippen molar-refractivity contribution >= 4 is 40.6 Å². The molecule has 0 saturated carbocycles. The van der Waals surface area contributed by atoms with Crippen LogP contribution in [0.15, 0.2) is 30.5 Å². The van der Waals surface area contributed by atoms with Crippen LogP contribution in [0.1, 0.15) is 37.6 Å². The third kappa shape index (κ3) is 6.74. The fourth-order valence-corrected chi connectivity index (χ4v) is 5.63. The van der Waals surface area contributed by atoms with Gasteiger partial charge in [-0.25, -0.2) is 13.8 Å². The molecule has 10 nitrogen and oxygen atoms in total. The largest absolute Gasteiger partial charge is 0.492 e. The third-order valence-electron chi connectivity index (χ3n) is 7.39. The van der Waals surface area contributed by atoms with Crippen LogP contribution in [-0.2, 0) is 21.7 Å². The lowest BCUT2D eigenvalue weighted by molar-refractivity contribution is -0.139. The normalized spacial score (nSPS) is 18.1. The maximum Gasteiger partial charge on any atom is 0.419 e. The number of ether oxygens (including phenoxy) is 1. The smallest absolute Gasteiger partial charge is 0.419 e. The topological polar surface area (TPSA) is 113 Å². The highest BCUT2D eigenvalue weighted by molar-refractivity contribution is 7.81. The van der Waals surface area contributed by atoms with Crippen molar-refractivity contribution in [1.82, 2.24) is 14.8 Å². The number of nitriles is 1. The van der Waals surface area contributed by atoms with Gasteiger partial charge < -0.3 is 14.7 Å². The summed E-state index contributed by atoms with van der Waals surface area (Å²) in [5.74, 6) is -5.10. The number of anilines is 2. The Morgan fingerprint density at radius 3 is 2.27 bits per heavy atom. The number of carboxylic acid groups (broad SMARTS) is 1. The molecule has 2 aliphatic heterocycles. The van der Waals surface area contributed by atoms with E-state index in [9.17, 15) is 31.5 Å². The van der Waals surface area contributed by atoms with Gasteiger partial charge in [0.15, 0.2) is 10.8 Å². The summed E-state index contributed by atoms with van der Waals surface area (Å²) in [6.07, 6.45) is -4.01. The van der Waals surface area contributed by atoms with Crippen molar-refractivity contribution in [2.75, 3.05) is 55.7 Å². The number of piperazine rings is 1. The minimum atomic E-state index is -4.93. The summed E-state index contributed by atoms with van der Waals surface area (Å²) in [6.45, 7) is 6.33. The number of nitrogens with zero attached hydrogens (tertiary/aromatic N) is 6. The van der Waals surface area contributed by atoms with E-state index in [-0.39, 0.29) is 35.4 Å². The summed E-state index contributed by atoms with van der Waals surface area (Å²) in [6, 6.07) is 5.86. The molecule has 2 fully saturated rings. The van der Waals surface area contributed by atoms with Gasteiger partial charge in [-0.3, -0.25) is 24.3 Å². The van der Waals surface area contributed by atoms with E-state index in [4.69, 9.17) is 27.3 Å². The monoisotopic (exact) mass is 640 g/mol. The van der Waals surface area contributed by atoms with Crippen LogP contribution in [-0.4, -0.2) is 88.3 Å². The number of thiocarbonyl (C=S) groups is 1. The van der Waals surface area contributed by atoms with E-state index in [1.165, 1.54) is 36.9 Å². The minimum Gasteiger partial charge on any atom is -0.492 e. The second-order valence-electron chi connectivity index (χ2n) is 10.9. The van der Waals surface area contributed by atoms with Crippen molar-refractivity contribution in [3.8, 4) is 11.8 Å². The van der Waals surface area contributed by atoms with Crippen LogP contribution in [0.5, 0.6) is 5.75 Å². The SMILES string of the molecule is CC(F)(F)c1cc(N2C(=S)N(c3cnc(C#N)c(C(F)(F)F)c3)C(=O)C2(C)C)ccc1OCCN1CCN(CC(=O)O)CC1. The number of carbonyl (C=O) groups excluding carboxylic acids is 1. The van der Waals surface area contributed by atoms with Gasteiger partial charge >= 0.3 is 12.1 Å². The Bertz CT molecular complexity index is 1500. The number of amides is 1. The lowest BCUT2D eigenvalue weighted by Crippen LogP contribution is -2.48. The molecule has 2 aromatic rings. The fraction of sp³-hybridized carbons (Fsp3) is 0.464. The number of halogens is 5. The number of carbonyl (C=O) groups is 2. The molecule has 1 aromatic carbocycles. The summed E-state index contributed by atoms with van der Waals surface area (Å²) in [7, 11) is 0. The van der Waals surface area contributed by atoms with Gasteiger partial charge in [0, 0.05) is 45.3 Å². The number of hydrogen-bond acceptors (Lipinski definition) is 8. The molecule has 0 unspecified atom stereocenters. The summed E-state index contributed by atoms with van der Waals surface area (Å²) < 4.78 is 76.2. The van der Waals surface area contributed by atoms with E-state index in [0.717, 1.165) is 17.2 Å². The van der Waals surface area contributed by atoms with Crippen molar-refractivity contribution in [2.24, 2.45) is 0 Å². The van der Waals surface area contributed by atoms with E-state index in [1.54, 1.807) is 4.90 Å². The molecule has 2 saturated heterocycles. The molecule has 1 aromatic heterocycles. The number of aromatic nitrogens is 1. The highest BCUT2D eigenvalue weighted by Crippen LogP contribution is 2.42. The quantitative estimate of drug-likeness (QED) is 0.318. The van der Waals surface area contributed by atoms with Crippen molar-refractivity contribution in [3.63, 3.8) is 0 Å². The van der Waals surface area contributed by atoms with Crippen molar-refractivity contribution in [1.29, 1.82) is 5.26 Å². The molecule has 0 aliphatic carbocycles. The first kappa shape index (κ1) is 33.0. The first-order chi connectivity index (χ1) is 20.4. The lowest BCUT2D eigenvalue weighted by Gasteiger charge is -2.33. The highest BCUT2D eigenvalue weighted by Gasteiger charge is 2.51. The molecular weight excluding hydrogens is 611 g/mol. The molecule has 1 N–H and O–H groups in total. The van der Waals surface area contributed by atoms with E-state index >= 15 is 0 Å². The maximum atomic E-state index is 14.8. The van der Waals surface area contributed by atoms with Crippen molar-refractivity contribution < 1.29 is 41.4 Å². The first-order valence-corrected chi connectivity index (χ1v) is 13.8. The Hall–Kier alpha value is -3.94. The summed E-state index contributed by atoms with van der Waals surface area (Å²) in [5.41, 5.74) is -4.43. The Balaban J connectivity index is 1.56. The second kappa shape index (κ2) is 12.2. The molecule has 236 valence electrons. The minimum absolute atomic E-state index is 0.0504. The number of benzene rings is 1. The molecule has 44 heavy (non-hydrogen) atoms.